The van der Waals surface area contributed by atoms with Gasteiger partial charge in [-0.3, -0.25) is 9.69 Å². The SMILES string of the molecule is COCC1CCN(C(C)C(=O)Nc2ccccc2N)CC1. The number of anilines is 2. The second-order valence-corrected chi connectivity index (χ2v) is 5.69. The fourth-order valence-corrected chi connectivity index (χ4v) is 2.76. The first-order chi connectivity index (χ1) is 10.1. The highest BCUT2D eigenvalue weighted by molar-refractivity contribution is 5.97. The lowest BCUT2D eigenvalue weighted by Crippen LogP contribution is -2.46. The van der Waals surface area contributed by atoms with Gasteiger partial charge in [0.1, 0.15) is 0 Å². The summed E-state index contributed by atoms with van der Waals surface area (Å²) in [7, 11) is 1.74. The number of carbonyl (C=O) groups is 1. The number of hydrogen-bond acceptors (Lipinski definition) is 4. The second-order valence-electron chi connectivity index (χ2n) is 5.69. The molecule has 1 amide bonds. The van der Waals surface area contributed by atoms with Gasteiger partial charge in [-0.2, -0.15) is 0 Å². The summed E-state index contributed by atoms with van der Waals surface area (Å²) in [6, 6.07) is 7.19. The molecule has 0 aromatic heterocycles. The molecule has 1 atom stereocenters. The van der Waals surface area contributed by atoms with E-state index in [1.807, 2.05) is 25.1 Å². The normalized spacial score (nSPS) is 18.4. The van der Waals surface area contributed by atoms with E-state index in [4.69, 9.17) is 10.5 Å². The molecule has 1 fully saturated rings. The Hall–Kier alpha value is -1.59. The van der Waals surface area contributed by atoms with Gasteiger partial charge in [-0.05, 0) is 50.9 Å². The van der Waals surface area contributed by atoms with E-state index in [1.54, 1.807) is 13.2 Å². The second kappa shape index (κ2) is 7.43. The minimum absolute atomic E-state index is 0.00177. The van der Waals surface area contributed by atoms with Crippen LogP contribution in [-0.4, -0.2) is 43.7 Å². The number of methoxy groups -OCH3 is 1. The maximum Gasteiger partial charge on any atom is 0.241 e. The minimum Gasteiger partial charge on any atom is -0.397 e. The predicted molar refractivity (Wildman–Crippen MR) is 85.1 cm³/mol. The Balaban J connectivity index is 1.87. The van der Waals surface area contributed by atoms with Crippen molar-refractivity contribution >= 4 is 17.3 Å². The molecule has 3 N–H and O–H groups in total. The van der Waals surface area contributed by atoms with E-state index in [9.17, 15) is 4.79 Å². The highest BCUT2D eigenvalue weighted by atomic mass is 16.5. The number of para-hydroxylation sites is 2. The summed E-state index contributed by atoms with van der Waals surface area (Å²) < 4.78 is 5.20. The summed E-state index contributed by atoms with van der Waals surface area (Å²) in [6.45, 7) is 4.64. The van der Waals surface area contributed by atoms with Gasteiger partial charge in [-0.15, -0.1) is 0 Å². The summed E-state index contributed by atoms with van der Waals surface area (Å²) in [4.78, 5) is 14.6. The molecule has 1 aliphatic rings. The van der Waals surface area contributed by atoms with Crippen LogP contribution >= 0.6 is 0 Å². The van der Waals surface area contributed by atoms with Crippen LogP contribution in [-0.2, 0) is 9.53 Å². The molecule has 1 saturated heterocycles. The third kappa shape index (κ3) is 4.19. The molecule has 116 valence electrons. The van der Waals surface area contributed by atoms with Crippen LogP contribution in [0.5, 0.6) is 0 Å². The number of piperidine rings is 1. The van der Waals surface area contributed by atoms with Crippen molar-refractivity contribution in [3.05, 3.63) is 24.3 Å². The van der Waals surface area contributed by atoms with Gasteiger partial charge in [0.05, 0.1) is 17.4 Å². The van der Waals surface area contributed by atoms with Gasteiger partial charge in [0.2, 0.25) is 5.91 Å². The van der Waals surface area contributed by atoms with Crippen LogP contribution < -0.4 is 11.1 Å². The minimum atomic E-state index is -0.145. The number of amides is 1. The fourth-order valence-electron chi connectivity index (χ4n) is 2.76. The van der Waals surface area contributed by atoms with Gasteiger partial charge in [-0.25, -0.2) is 0 Å². The van der Waals surface area contributed by atoms with Crippen molar-refractivity contribution < 1.29 is 9.53 Å². The number of rotatable bonds is 5. The van der Waals surface area contributed by atoms with Crippen molar-refractivity contribution in [1.29, 1.82) is 0 Å². The van der Waals surface area contributed by atoms with Crippen molar-refractivity contribution in [2.45, 2.75) is 25.8 Å². The average Bonchev–Trinajstić information content (AvgIpc) is 2.50. The Labute approximate surface area is 126 Å². The lowest BCUT2D eigenvalue weighted by molar-refractivity contribution is -0.121. The zero-order chi connectivity index (χ0) is 15.2. The molecule has 0 spiro atoms. The van der Waals surface area contributed by atoms with Crippen LogP contribution in [0.25, 0.3) is 0 Å². The summed E-state index contributed by atoms with van der Waals surface area (Å²) in [5.41, 5.74) is 7.13. The number of benzene rings is 1. The summed E-state index contributed by atoms with van der Waals surface area (Å²) in [5.74, 6) is 0.615. The Morgan fingerprint density at radius 3 is 2.71 bits per heavy atom. The molecule has 1 aromatic rings. The molecule has 0 saturated carbocycles. The fraction of sp³-hybridized carbons (Fsp3) is 0.562. The number of nitrogens with zero attached hydrogens (tertiary/aromatic N) is 1. The van der Waals surface area contributed by atoms with Crippen LogP contribution in [0.15, 0.2) is 24.3 Å². The average molecular weight is 291 g/mol. The largest absolute Gasteiger partial charge is 0.397 e. The molecular weight excluding hydrogens is 266 g/mol. The van der Waals surface area contributed by atoms with Crippen molar-refractivity contribution in [3.8, 4) is 0 Å². The summed E-state index contributed by atoms with van der Waals surface area (Å²) in [5, 5.41) is 2.91. The predicted octanol–water partition coefficient (Wildman–Crippen LogP) is 1.95. The lowest BCUT2D eigenvalue weighted by Gasteiger charge is -2.35. The standard InChI is InChI=1S/C16H25N3O2/c1-12(19-9-7-13(8-10-19)11-21-2)16(20)18-15-6-4-3-5-14(15)17/h3-6,12-13H,7-11,17H2,1-2H3,(H,18,20). The molecule has 5 nitrogen and oxygen atoms in total. The number of likely N-dealkylation sites (tertiary alicyclic amines) is 1. The van der Waals surface area contributed by atoms with E-state index in [1.165, 1.54) is 0 Å². The zero-order valence-electron chi connectivity index (χ0n) is 12.8. The summed E-state index contributed by atoms with van der Waals surface area (Å²) >= 11 is 0. The van der Waals surface area contributed by atoms with Crippen molar-refractivity contribution in [2.75, 3.05) is 37.9 Å². The highest BCUT2D eigenvalue weighted by Crippen LogP contribution is 2.21. The molecule has 1 aliphatic heterocycles. The number of nitrogen functional groups attached to an aromatic ring is 1. The number of nitrogens with one attached hydrogen (secondary N) is 1. The van der Waals surface area contributed by atoms with Crippen LogP contribution in [0.4, 0.5) is 11.4 Å². The van der Waals surface area contributed by atoms with Crippen LogP contribution in [0.2, 0.25) is 0 Å². The van der Waals surface area contributed by atoms with E-state index in [0.717, 1.165) is 32.5 Å². The topological polar surface area (TPSA) is 67.6 Å². The monoisotopic (exact) mass is 291 g/mol. The lowest BCUT2D eigenvalue weighted by atomic mass is 9.96. The molecule has 1 heterocycles. The summed E-state index contributed by atoms with van der Waals surface area (Å²) in [6.07, 6.45) is 2.16. The molecule has 1 unspecified atom stereocenters. The Morgan fingerprint density at radius 2 is 2.10 bits per heavy atom. The third-order valence-electron chi connectivity index (χ3n) is 4.20. The van der Waals surface area contributed by atoms with Gasteiger partial charge >= 0.3 is 0 Å². The first-order valence-electron chi connectivity index (χ1n) is 7.50. The van der Waals surface area contributed by atoms with Gasteiger partial charge < -0.3 is 15.8 Å². The highest BCUT2D eigenvalue weighted by Gasteiger charge is 2.26. The van der Waals surface area contributed by atoms with Crippen LogP contribution in [0, 0.1) is 5.92 Å². The Bertz CT molecular complexity index is 470. The zero-order valence-corrected chi connectivity index (χ0v) is 12.8. The van der Waals surface area contributed by atoms with Gasteiger partial charge in [0.15, 0.2) is 0 Å². The number of nitrogens with two attached hydrogens (primary N) is 1. The maximum atomic E-state index is 12.3. The molecule has 0 radical (unpaired) electrons. The molecular formula is C16H25N3O2. The third-order valence-corrected chi connectivity index (χ3v) is 4.20. The molecule has 5 heteroatoms. The quantitative estimate of drug-likeness (QED) is 0.814. The molecule has 0 aliphatic carbocycles. The Kier molecular flexibility index (Phi) is 5.59. The van der Waals surface area contributed by atoms with E-state index < -0.39 is 0 Å². The van der Waals surface area contributed by atoms with Gasteiger partial charge in [0, 0.05) is 13.7 Å². The van der Waals surface area contributed by atoms with Gasteiger partial charge in [0.25, 0.3) is 0 Å². The van der Waals surface area contributed by atoms with E-state index in [2.05, 4.69) is 10.2 Å². The number of hydrogen-bond donors (Lipinski definition) is 2. The molecule has 1 aromatic carbocycles. The van der Waals surface area contributed by atoms with Crippen molar-refractivity contribution in [2.24, 2.45) is 5.92 Å². The van der Waals surface area contributed by atoms with Crippen LogP contribution in [0.1, 0.15) is 19.8 Å². The van der Waals surface area contributed by atoms with Crippen molar-refractivity contribution in [1.82, 2.24) is 4.90 Å². The maximum absolute atomic E-state index is 12.3. The molecule has 21 heavy (non-hydrogen) atoms. The van der Waals surface area contributed by atoms with E-state index >= 15 is 0 Å². The van der Waals surface area contributed by atoms with E-state index in [-0.39, 0.29) is 11.9 Å². The van der Waals surface area contributed by atoms with E-state index in [0.29, 0.717) is 17.3 Å². The number of carbonyl (C=O) groups excluding carboxylic acids is 1. The molecule has 0 bridgehead atoms. The Morgan fingerprint density at radius 1 is 1.43 bits per heavy atom. The molecule has 2 rings (SSSR count). The first kappa shape index (κ1) is 15.8. The first-order valence-corrected chi connectivity index (χ1v) is 7.50. The van der Waals surface area contributed by atoms with Crippen molar-refractivity contribution in [3.63, 3.8) is 0 Å². The van der Waals surface area contributed by atoms with Crippen LogP contribution in [0.3, 0.4) is 0 Å². The number of ether oxygens (including phenoxy) is 1. The smallest absolute Gasteiger partial charge is 0.241 e. The van der Waals surface area contributed by atoms with Gasteiger partial charge in [-0.1, -0.05) is 12.1 Å².